The second kappa shape index (κ2) is 6.55. The van der Waals surface area contributed by atoms with Gasteiger partial charge in [-0.05, 0) is 31.9 Å². The van der Waals surface area contributed by atoms with Crippen LogP contribution in [0.2, 0.25) is 0 Å². The van der Waals surface area contributed by atoms with Crippen LogP contribution < -0.4 is 5.73 Å². The number of carbonyl (C=O) groups excluding carboxylic acids is 1. The first kappa shape index (κ1) is 13.8. The number of likely N-dealkylation sites (N-methyl/N-ethyl adjacent to an activating group) is 1. The maximum Gasteiger partial charge on any atom is 0.228 e. The molecule has 4 heteroatoms. The summed E-state index contributed by atoms with van der Waals surface area (Å²) < 4.78 is 0. The Hall–Kier alpha value is -1.58. The van der Waals surface area contributed by atoms with E-state index in [0.29, 0.717) is 18.2 Å². The molecule has 1 aromatic heterocycles. The van der Waals surface area contributed by atoms with Gasteiger partial charge >= 0.3 is 0 Å². The summed E-state index contributed by atoms with van der Waals surface area (Å²) in [4.78, 5) is 18.6. The minimum absolute atomic E-state index is 0.187. The van der Waals surface area contributed by atoms with Gasteiger partial charge in [0.05, 0.1) is 18.3 Å². The minimum atomic E-state index is 0.187. The fourth-order valence-electron chi connectivity index (χ4n) is 2.83. The number of amides is 1. The molecule has 1 aliphatic rings. The van der Waals surface area contributed by atoms with Gasteiger partial charge < -0.3 is 10.6 Å². The van der Waals surface area contributed by atoms with Crippen molar-refractivity contribution in [2.24, 2.45) is 0 Å². The molecule has 0 saturated heterocycles. The van der Waals surface area contributed by atoms with E-state index in [2.05, 4.69) is 11.9 Å². The number of aromatic nitrogens is 1. The Kier molecular flexibility index (Phi) is 4.77. The maximum atomic E-state index is 12.4. The zero-order chi connectivity index (χ0) is 13.7. The lowest BCUT2D eigenvalue weighted by Gasteiger charge is -2.33. The van der Waals surface area contributed by atoms with E-state index >= 15 is 0 Å². The molecule has 0 radical (unpaired) electrons. The summed E-state index contributed by atoms with van der Waals surface area (Å²) in [6.45, 7) is 2.85. The molecular weight excluding hydrogens is 238 g/mol. The zero-order valence-corrected chi connectivity index (χ0v) is 11.6. The lowest BCUT2D eigenvalue weighted by Crippen LogP contribution is -2.42. The summed E-state index contributed by atoms with van der Waals surface area (Å²) >= 11 is 0. The van der Waals surface area contributed by atoms with Crippen LogP contribution in [0.3, 0.4) is 0 Å². The predicted molar refractivity (Wildman–Crippen MR) is 76.6 cm³/mol. The third-order valence-electron chi connectivity index (χ3n) is 3.86. The molecule has 0 aromatic carbocycles. The smallest absolute Gasteiger partial charge is 0.228 e. The molecule has 0 spiro atoms. The van der Waals surface area contributed by atoms with Crippen molar-refractivity contribution in [2.45, 2.75) is 51.5 Å². The molecule has 0 unspecified atom stereocenters. The third kappa shape index (κ3) is 3.69. The summed E-state index contributed by atoms with van der Waals surface area (Å²) in [5.41, 5.74) is 7.04. The summed E-state index contributed by atoms with van der Waals surface area (Å²) in [6, 6.07) is 4.06. The van der Waals surface area contributed by atoms with Crippen LogP contribution >= 0.6 is 0 Å². The molecule has 2 N–H and O–H groups in total. The van der Waals surface area contributed by atoms with Crippen molar-refractivity contribution in [3.63, 3.8) is 0 Å². The van der Waals surface area contributed by atoms with E-state index in [4.69, 9.17) is 5.73 Å². The molecule has 1 aliphatic carbocycles. The molecule has 1 heterocycles. The largest absolute Gasteiger partial charge is 0.397 e. The highest BCUT2D eigenvalue weighted by Crippen LogP contribution is 2.23. The van der Waals surface area contributed by atoms with Crippen molar-refractivity contribution >= 4 is 11.6 Å². The summed E-state index contributed by atoms with van der Waals surface area (Å²) in [5.74, 6) is 0.187. The van der Waals surface area contributed by atoms with E-state index in [1.165, 1.54) is 19.3 Å². The molecule has 1 fully saturated rings. The third-order valence-corrected chi connectivity index (χ3v) is 3.86. The van der Waals surface area contributed by atoms with Gasteiger partial charge in [-0.25, -0.2) is 0 Å². The van der Waals surface area contributed by atoms with Crippen LogP contribution in [0.1, 0.15) is 44.7 Å². The maximum absolute atomic E-state index is 12.4. The van der Waals surface area contributed by atoms with E-state index in [-0.39, 0.29) is 5.91 Å². The summed E-state index contributed by atoms with van der Waals surface area (Å²) in [5, 5.41) is 0. The average Bonchev–Trinajstić information content (AvgIpc) is 2.43. The number of carbonyl (C=O) groups is 1. The van der Waals surface area contributed by atoms with Crippen molar-refractivity contribution < 1.29 is 4.79 Å². The molecule has 104 valence electrons. The van der Waals surface area contributed by atoms with Gasteiger partial charge in [0.15, 0.2) is 0 Å². The van der Waals surface area contributed by atoms with Crippen molar-refractivity contribution in [2.75, 3.05) is 12.3 Å². The van der Waals surface area contributed by atoms with Gasteiger partial charge in [-0.3, -0.25) is 9.78 Å². The van der Waals surface area contributed by atoms with Crippen molar-refractivity contribution in [3.05, 3.63) is 24.0 Å². The number of rotatable bonds is 4. The Labute approximate surface area is 115 Å². The summed E-state index contributed by atoms with van der Waals surface area (Å²) in [6.07, 6.45) is 8.08. The Balaban J connectivity index is 1.97. The first-order chi connectivity index (χ1) is 9.20. The van der Waals surface area contributed by atoms with Gasteiger partial charge in [-0.15, -0.1) is 0 Å². The number of nitrogens with zero attached hydrogens (tertiary/aromatic N) is 2. The van der Waals surface area contributed by atoms with Gasteiger partial charge in [0.25, 0.3) is 0 Å². The topological polar surface area (TPSA) is 59.2 Å². The second-order valence-electron chi connectivity index (χ2n) is 5.23. The number of anilines is 1. The van der Waals surface area contributed by atoms with Gasteiger partial charge in [-0.2, -0.15) is 0 Å². The Morgan fingerprint density at radius 2 is 2.11 bits per heavy atom. The molecule has 1 aromatic rings. The van der Waals surface area contributed by atoms with Crippen molar-refractivity contribution in [1.82, 2.24) is 9.88 Å². The van der Waals surface area contributed by atoms with E-state index in [0.717, 1.165) is 25.1 Å². The van der Waals surface area contributed by atoms with Gasteiger partial charge in [0.1, 0.15) is 0 Å². The first-order valence-corrected chi connectivity index (χ1v) is 7.20. The van der Waals surface area contributed by atoms with Crippen LogP contribution in [0.15, 0.2) is 18.3 Å². The number of nitrogen functional groups attached to an aromatic ring is 1. The number of pyridine rings is 1. The van der Waals surface area contributed by atoms with Crippen molar-refractivity contribution in [1.29, 1.82) is 0 Å². The number of nitrogens with two attached hydrogens (primary N) is 1. The molecule has 0 aliphatic heterocycles. The van der Waals surface area contributed by atoms with Gasteiger partial charge in [-0.1, -0.05) is 19.3 Å². The Morgan fingerprint density at radius 3 is 2.68 bits per heavy atom. The van der Waals surface area contributed by atoms with Gasteiger partial charge in [0, 0.05) is 18.3 Å². The molecule has 2 rings (SSSR count). The zero-order valence-electron chi connectivity index (χ0n) is 11.6. The minimum Gasteiger partial charge on any atom is -0.397 e. The Bertz CT molecular complexity index is 410. The predicted octanol–water partition coefficient (Wildman–Crippen LogP) is 2.39. The molecule has 0 bridgehead atoms. The molecular formula is C15H23N3O. The Morgan fingerprint density at radius 1 is 1.37 bits per heavy atom. The fraction of sp³-hybridized carbons (Fsp3) is 0.600. The lowest BCUT2D eigenvalue weighted by atomic mass is 9.94. The van der Waals surface area contributed by atoms with Crippen LogP contribution in [0.4, 0.5) is 5.69 Å². The molecule has 1 amide bonds. The highest BCUT2D eigenvalue weighted by molar-refractivity contribution is 5.78. The van der Waals surface area contributed by atoms with E-state index in [1.807, 2.05) is 11.0 Å². The number of hydrogen-bond donors (Lipinski definition) is 1. The fourth-order valence-corrected chi connectivity index (χ4v) is 2.83. The quantitative estimate of drug-likeness (QED) is 0.905. The molecule has 1 saturated carbocycles. The van der Waals surface area contributed by atoms with Gasteiger partial charge in [0.2, 0.25) is 5.91 Å². The normalized spacial score (nSPS) is 16.3. The van der Waals surface area contributed by atoms with Crippen LogP contribution in [0.25, 0.3) is 0 Å². The van der Waals surface area contributed by atoms with Crippen LogP contribution in [0, 0.1) is 0 Å². The monoisotopic (exact) mass is 261 g/mol. The van der Waals surface area contributed by atoms with Crippen LogP contribution in [0.5, 0.6) is 0 Å². The second-order valence-corrected chi connectivity index (χ2v) is 5.23. The lowest BCUT2D eigenvalue weighted by molar-refractivity contribution is -0.133. The first-order valence-electron chi connectivity index (χ1n) is 7.20. The van der Waals surface area contributed by atoms with E-state index < -0.39 is 0 Å². The van der Waals surface area contributed by atoms with E-state index in [1.54, 1.807) is 12.3 Å². The van der Waals surface area contributed by atoms with Crippen molar-refractivity contribution in [3.8, 4) is 0 Å². The standard InChI is InChI=1S/C15H23N3O/c1-2-18(14-6-4-3-5-7-14)15(19)10-13-9-8-12(16)11-17-13/h8-9,11,14H,2-7,10,16H2,1H3. The summed E-state index contributed by atoms with van der Waals surface area (Å²) in [7, 11) is 0. The molecule has 0 atom stereocenters. The average molecular weight is 261 g/mol. The highest BCUT2D eigenvalue weighted by atomic mass is 16.2. The van der Waals surface area contributed by atoms with E-state index in [9.17, 15) is 4.79 Å². The number of hydrogen-bond acceptors (Lipinski definition) is 3. The van der Waals surface area contributed by atoms with Crippen LogP contribution in [-0.2, 0) is 11.2 Å². The molecule has 19 heavy (non-hydrogen) atoms. The van der Waals surface area contributed by atoms with Crippen LogP contribution in [-0.4, -0.2) is 28.4 Å². The SMILES string of the molecule is CCN(C(=O)Cc1ccc(N)cn1)C1CCCCC1. The highest BCUT2D eigenvalue weighted by Gasteiger charge is 2.24. The molecule has 4 nitrogen and oxygen atoms in total.